The van der Waals surface area contributed by atoms with E-state index in [0.717, 1.165) is 35.1 Å². The smallest absolute Gasteiger partial charge is 0.163 e. The van der Waals surface area contributed by atoms with Gasteiger partial charge in [0.25, 0.3) is 0 Å². The molecule has 0 aromatic heterocycles. The van der Waals surface area contributed by atoms with Crippen LogP contribution in [0, 0.1) is 0 Å². The summed E-state index contributed by atoms with van der Waals surface area (Å²) >= 11 is 0. The molecule has 2 aliphatic rings. The minimum Gasteiger partial charge on any atom is -0.378 e. The molecule has 3 heteroatoms. The zero-order valence-corrected chi connectivity index (χ0v) is 16.3. The van der Waals surface area contributed by atoms with E-state index in [1.165, 1.54) is 22.2 Å². The fraction of sp³-hybridized carbons (Fsp3) is 0.240. The van der Waals surface area contributed by atoms with Crippen molar-refractivity contribution in [2.24, 2.45) is 0 Å². The number of benzene rings is 3. The van der Waals surface area contributed by atoms with Gasteiger partial charge in [0.05, 0.1) is 6.04 Å². The lowest BCUT2D eigenvalue weighted by Crippen LogP contribution is -2.25. The standard InChI is InChI=1S/C25H24N2O/c1-27(2)18-13-10-17(11-14-18)25-20-8-5-9-22(28)24(20)23-19-7-4-3-6-16(19)12-15-21(23)26-25/h3-4,6-7,10-15,25-26H,5,8-9H2,1-2H3/t25-/m1/s1. The Labute approximate surface area is 165 Å². The maximum absolute atomic E-state index is 13.1. The summed E-state index contributed by atoms with van der Waals surface area (Å²) in [5, 5.41) is 6.10. The van der Waals surface area contributed by atoms with Gasteiger partial charge in [-0.25, -0.2) is 0 Å². The van der Waals surface area contributed by atoms with Crippen molar-refractivity contribution in [3.63, 3.8) is 0 Å². The molecule has 28 heavy (non-hydrogen) atoms. The molecule has 0 unspecified atom stereocenters. The maximum atomic E-state index is 13.1. The van der Waals surface area contributed by atoms with Crippen LogP contribution in [0.3, 0.4) is 0 Å². The number of anilines is 2. The second-order valence-corrected chi connectivity index (χ2v) is 7.95. The molecule has 5 rings (SSSR count). The van der Waals surface area contributed by atoms with Gasteiger partial charge in [-0.3, -0.25) is 4.79 Å². The Balaban J connectivity index is 1.71. The number of rotatable bonds is 2. The number of fused-ring (bicyclic) bond motifs is 4. The van der Waals surface area contributed by atoms with Crippen LogP contribution in [-0.4, -0.2) is 19.9 Å². The summed E-state index contributed by atoms with van der Waals surface area (Å²) in [6, 6.07) is 21.4. The zero-order chi connectivity index (χ0) is 19.3. The first-order valence-electron chi connectivity index (χ1n) is 9.95. The third-order valence-corrected chi connectivity index (χ3v) is 6.02. The summed E-state index contributed by atoms with van der Waals surface area (Å²) in [4.78, 5) is 15.2. The van der Waals surface area contributed by atoms with E-state index < -0.39 is 0 Å². The molecule has 0 spiro atoms. The normalized spacial score (nSPS) is 18.5. The number of ketones is 1. The van der Waals surface area contributed by atoms with Gasteiger partial charge >= 0.3 is 0 Å². The Morgan fingerprint density at radius 3 is 2.50 bits per heavy atom. The molecular formula is C25H24N2O. The van der Waals surface area contributed by atoms with E-state index in [4.69, 9.17) is 0 Å². The lowest BCUT2D eigenvalue weighted by Gasteiger charge is -2.35. The van der Waals surface area contributed by atoms with Crippen LogP contribution in [0.25, 0.3) is 16.3 Å². The van der Waals surface area contributed by atoms with Crippen molar-refractivity contribution in [2.45, 2.75) is 25.3 Å². The lowest BCUT2D eigenvalue weighted by atomic mass is 9.77. The van der Waals surface area contributed by atoms with Crippen LogP contribution < -0.4 is 10.2 Å². The molecule has 1 aliphatic heterocycles. The zero-order valence-electron chi connectivity index (χ0n) is 16.3. The van der Waals surface area contributed by atoms with Gasteiger partial charge in [-0.1, -0.05) is 42.5 Å². The molecular weight excluding hydrogens is 344 g/mol. The fourth-order valence-electron chi connectivity index (χ4n) is 4.61. The lowest BCUT2D eigenvalue weighted by molar-refractivity contribution is -0.114. The molecule has 1 atom stereocenters. The maximum Gasteiger partial charge on any atom is 0.163 e. The van der Waals surface area contributed by atoms with E-state index >= 15 is 0 Å². The summed E-state index contributed by atoms with van der Waals surface area (Å²) in [5.74, 6) is 0.287. The molecule has 3 aromatic rings. The van der Waals surface area contributed by atoms with Gasteiger partial charge in [0.1, 0.15) is 0 Å². The summed E-state index contributed by atoms with van der Waals surface area (Å²) < 4.78 is 0. The van der Waals surface area contributed by atoms with E-state index in [-0.39, 0.29) is 11.8 Å². The highest BCUT2D eigenvalue weighted by Crippen LogP contribution is 2.47. The number of allylic oxidation sites excluding steroid dienone is 1. The van der Waals surface area contributed by atoms with Gasteiger partial charge in [0.15, 0.2) is 5.78 Å². The van der Waals surface area contributed by atoms with E-state index in [9.17, 15) is 4.79 Å². The molecule has 1 N–H and O–H groups in total. The molecule has 0 saturated heterocycles. The SMILES string of the molecule is CN(C)c1ccc([C@H]2Nc3ccc4ccccc4c3C3=C2CCCC3=O)cc1. The number of carbonyl (C=O) groups is 1. The van der Waals surface area contributed by atoms with Gasteiger partial charge < -0.3 is 10.2 Å². The van der Waals surface area contributed by atoms with E-state index in [2.05, 4.69) is 85.0 Å². The number of nitrogens with one attached hydrogen (secondary N) is 1. The number of carbonyl (C=O) groups excluding carboxylic acids is 1. The van der Waals surface area contributed by atoms with Crippen LogP contribution in [0.15, 0.2) is 66.2 Å². The minimum atomic E-state index is 0.0594. The topological polar surface area (TPSA) is 32.3 Å². The Morgan fingerprint density at radius 2 is 1.71 bits per heavy atom. The van der Waals surface area contributed by atoms with Gasteiger partial charge in [0, 0.05) is 43.0 Å². The quantitative estimate of drug-likeness (QED) is 0.641. The van der Waals surface area contributed by atoms with Crippen molar-refractivity contribution in [1.29, 1.82) is 0 Å². The molecule has 0 saturated carbocycles. The van der Waals surface area contributed by atoms with Gasteiger partial charge in [-0.05, 0) is 52.9 Å². The predicted octanol–water partition coefficient (Wildman–Crippen LogP) is 5.58. The molecule has 1 heterocycles. The van der Waals surface area contributed by atoms with Crippen LogP contribution in [0.1, 0.15) is 36.4 Å². The van der Waals surface area contributed by atoms with Crippen LogP contribution in [0.2, 0.25) is 0 Å². The molecule has 0 fully saturated rings. The Morgan fingerprint density at radius 1 is 0.929 bits per heavy atom. The minimum absolute atomic E-state index is 0.0594. The first-order valence-corrected chi connectivity index (χ1v) is 9.95. The highest BCUT2D eigenvalue weighted by Gasteiger charge is 2.34. The molecule has 3 aromatic carbocycles. The summed E-state index contributed by atoms with van der Waals surface area (Å²) in [5.41, 5.74) is 6.76. The second kappa shape index (κ2) is 6.52. The van der Waals surface area contributed by atoms with E-state index in [1.807, 2.05) is 0 Å². The Bertz CT molecular complexity index is 1110. The van der Waals surface area contributed by atoms with Crippen molar-refractivity contribution in [1.82, 2.24) is 0 Å². The third kappa shape index (κ3) is 2.62. The molecule has 1 aliphatic carbocycles. The molecule has 0 bridgehead atoms. The van der Waals surface area contributed by atoms with Crippen molar-refractivity contribution in [2.75, 3.05) is 24.3 Å². The number of Topliss-reactive ketones (excluding diaryl/α,β-unsaturated/α-hetero) is 1. The number of hydrogen-bond donors (Lipinski definition) is 1. The van der Waals surface area contributed by atoms with Gasteiger partial charge in [-0.15, -0.1) is 0 Å². The first kappa shape index (κ1) is 17.1. The number of hydrogen-bond acceptors (Lipinski definition) is 3. The van der Waals surface area contributed by atoms with Crippen LogP contribution in [-0.2, 0) is 4.79 Å². The Hall–Kier alpha value is -3.07. The molecule has 0 radical (unpaired) electrons. The van der Waals surface area contributed by atoms with Crippen LogP contribution in [0.5, 0.6) is 0 Å². The molecule has 140 valence electrons. The number of nitrogens with zero attached hydrogens (tertiary/aromatic N) is 1. The van der Waals surface area contributed by atoms with E-state index in [1.54, 1.807) is 0 Å². The summed E-state index contributed by atoms with van der Waals surface area (Å²) in [6.45, 7) is 0. The predicted molar refractivity (Wildman–Crippen MR) is 117 cm³/mol. The summed E-state index contributed by atoms with van der Waals surface area (Å²) in [7, 11) is 4.10. The van der Waals surface area contributed by atoms with Gasteiger partial charge in [-0.2, -0.15) is 0 Å². The fourth-order valence-corrected chi connectivity index (χ4v) is 4.61. The average Bonchev–Trinajstić information content (AvgIpc) is 2.73. The first-order chi connectivity index (χ1) is 13.6. The van der Waals surface area contributed by atoms with Crippen LogP contribution in [0.4, 0.5) is 11.4 Å². The van der Waals surface area contributed by atoms with Crippen molar-refractivity contribution in [3.05, 3.63) is 77.4 Å². The highest BCUT2D eigenvalue weighted by atomic mass is 16.1. The highest BCUT2D eigenvalue weighted by molar-refractivity contribution is 6.27. The second-order valence-electron chi connectivity index (χ2n) is 7.95. The van der Waals surface area contributed by atoms with Crippen molar-refractivity contribution >= 4 is 33.5 Å². The van der Waals surface area contributed by atoms with Crippen molar-refractivity contribution < 1.29 is 4.79 Å². The monoisotopic (exact) mass is 368 g/mol. The molecule has 0 amide bonds. The Kier molecular flexibility index (Phi) is 3.97. The van der Waals surface area contributed by atoms with E-state index in [0.29, 0.717) is 6.42 Å². The van der Waals surface area contributed by atoms with Gasteiger partial charge in [0.2, 0.25) is 0 Å². The largest absolute Gasteiger partial charge is 0.378 e. The van der Waals surface area contributed by atoms with Crippen molar-refractivity contribution in [3.8, 4) is 0 Å². The van der Waals surface area contributed by atoms with Crippen LogP contribution >= 0.6 is 0 Å². The third-order valence-electron chi connectivity index (χ3n) is 6.02. The summed E-state index contributed by atoms with van der Waals surface area (Å²) in [6.07, 6.45) is 2.55. The molecule has 3 nitrogen and oxygen atoms in total. The average molecular weight is 368 g/mol.